The lowest BCUT2D eigenvalue weighted by Crippen LogP contribution is -2.33. The van der Waals surface area contributed by atoms with Gasteiger partial charge in [-0.3, -0.25) is 24.0 Å². The predicted octanol–water partition coefficient (Wildman–Crippen LogP) is 6.23. The number of amides is 5. The van der Waals surface area contributed by atoms with E-state index in [-0.39, 0.29) is 58.9 Å². The third-order valence-corrected chi connectivity index (χ3v) is 11.9. The molecule has 0 spiro atoms. The maximum Gasteiger partial charge on any atom is 0.341 e. The van der Waals surface area contributed by atoms with Gasteiger partial charge < -0.3 is 51.1 Å². The number of rotatable bonds is 16. The molecule has 0 radical (unpaired) electrons. The van der Waals surface area contributed by atoms with Gasteiger partial charge in [-0.2, -0.15) is 0 Å². The van der Waals surface area contributed by atoms with Crippen LogP contribution in [-0.4, -0.2) is 103 Å². The lowest BCUT2D eigenvalue weighted by molar-refractivity contribution is -0.139. The Kier molecular flexibility index (Phi) is 17.0. The largest absolute Gasteiger partial charge is 0.479 e. The summed E-state index contributed by atoms with van der Waals surface area (Å²) in [5.41, 5.74) is 8.57. The Hall–Kier alpha value is -7.96. The molecule has 70 heavy (non-hydrogen) atoms. The van der Waals surface area contributed by atoms with Crippen molar-refractivity contribution in [1.29, 1.82) is 0 Å². The number of aryl methyl sites for hydroxylation is 2. The van der Waals surface area contributed by atoms with Crippen LogP contribution in [0.5, 0.6) is 11.8 Å². The van der Waals surface area contributed by atoms with Crippen molar-refractivity contribution in [2.24, 2.45) is 17.6 Å². The summed E-state index contributed by atoms with van der Waals surface area (Å²) in [5, 5.41) is 23.8. The fourth-order valence-corrected chi connectivity index (χ4v) is 8.09. The molecule has 4 heterocycles. The first kappa shape index (κ1) is 49.9. The van der Waals surface area contributed by atoms with E-state index in [0.29, 0.717) is 56.6 Å². The van der Waals surface area contributed by atoms with Crippen molar-refractivity contribution < 1.29 is 52.8 Å². The Morgan fingerprint density at radius 3 is 1.36 bits per heavy atom. The van der Waals surface area contributed by atoms with E-state index in [2.05, 4.69) is 31.2 Å². The number of carbonyl (C=O) groups excluding carboxylic acids is 5. The highest BCUT2D eigenvalue weighted by atomic mass is 16.5. The van der Waals surface area contributed by atoms with Gasteiger partial charge in [-0.05, 0) is 108 Å². The number of primary amides is 1. The first-order valence-corrected chi connectivity index (χ1v) is 22.9. The van der Waals surface area contributed by atoms with Gasteiger partial charge in [-0.25, -0.2) is 14.8 Å². The van der Waals surface area contributed by atoms with Gasteiger partial charge >= 0.3 is 5.97 Å². The standard InChI is InChI=1S/C26H28N4O5.C26H27N3O6/c1-16-6-7-20(19-5-3-2-4-18(16)19)25(32)29-21-8-9-23(35-15-22(27)31)30-24(21)26(33)28-14-17-10-12-34-13-11-17;1-16-6-7-20(19-5-3-2-4-18(16)19)25(32)28-21-8-9-22(35-15-23(30)31)29-24(21)26(33)27-14-17-10-12-34-13-11-17/h2-9,17H,10-15H2,1H3,(H2,27,31)(H,28,33)(H,29,32);2-9,17H,10-15H2,1H3,(H,27,33)(H,28,32)(H,30,31). The van der Waals surface area contributed by atoms with Crippen LogP contribution in [-0.2, 0) is 19.1 Å². The van der Waals surface area contributed by atoms with Crippen molar-refractivity contribution in [3.8, 4) is 11.8 Å². The van der Waals surface area contributed by atoms with Crippen molar-refractivity contribution in [3.05, 3.63) is 131 Å². The minimum Gasteiger partial charge on any atom is -0.479 e. The highest BCUT2D eigenvalue weighted by molar-refractivity contribution is 6.16. The molecule has 18 nitrogen and oxygen atoms in total. The van der Waals surface area contributed by atoms with Gasteiger partial charge in [0.1, 0.15) is 0 Å². The molecule has 364 valence electrons. The van der Waals surface area contributed by atoms with Crippen LogP contribution in [0, 0.1) is 25.7 Å². The third-order valence-electron chi connectivity index (χ3n) is 11.9. The quantitative estimate of drug-likeness (QED) is 0.0630. The minimum atomic E-state index is -1.17. The average Bonchev–Trinajstić information content (AvgIpc) is 3.37. The molecule has 2 aliphatic rings. The van der Waals surface area contributed by atoms with E-state index < -0.39 is 30.3 Å². The molecule has 6 aromatic rings. The number of hydrogen-bond acceptors (Lipinski definition) is 12. The van der Waals surface area contributed by atoms with Crippen molar-refractivity contribution in [1.82, 2.24) is 20.6 Å². The number of anilines is 2. The highest BCUT2D eigenvalue weighted by Crippen LogP contribution is 2.27. The molecule has 7 N–H and O–H groups in total. The molecule has 0 aliphatic carbocycles. The number of carboxylic acid groups (broad SMARTS) is 1. The zero-order chi connectivity index (χ0) is 49.6. The molecule has 8 rings (SSSR count). The molecule has 18 heteroatoms. The molecular formula is C52H55N7O11. The monoisotopic (exact) mass is 953 g/mol. The van der Waals surface area contributed by atoms with Crippen LogP contribution in [0.4, 0.5) is 11.4 Å². The number of carbonyl (C=O) groups is 6. The molecule has 0 unspecified atom stereocenters. The van der Waals surface area contributed by atoms with Crippen LogP contribution >= 0.6 is 0 Å². The molecule has 5 amide bonds. The highest BCUT2D eigenvalue weighted by Gasteiger charge is 2.24. The fraction of sp³-hybridized carbons (Fsp3) is 0.308. The summed E-state index contributed by atoms with van der Waals surface area (Å²) >= 11 is 0. The van der Waals surface area contributed by atoms with Crippen LogP contribution < -0.4 is 36.5 Å². The van der Waals surface area contributed by atoms with Gasteiger partial charge in [-0.1, -0.05) is 60.7 Å². The summed E-state index contributed by atoms with van der Waals surface area (Å²) in [6, 6.07) is 28.4. The molecule has 2 saturated heterocycles. The normalized spacial score (nSPS) is 13.9. The number of nitrogens with two attached hydrogens (primary N) is 1. The second-order valence-corrected chi connectivity index (χ2v) is 16.9. The molecule has 0 saturated carbocycles. The summed E-state index contributed by atoms with van der Waals surface area (Å²) in [5.74, 6) is -2.91. The number of nitrogens with zero attached hydrogens (tertiary/aromatic N) is 2. The Balaban J connectivity index is 0.000000206. The number of aromatic nitrogens is 2. The first-order chi connectivity index (χ1) is 33.8. The van der Waals surface area contributed by atoms with Crippen LogP contribution in [0.2, 0.25) is 0 Å². The lowest BCUT2D eigenvalue weighted by atomic mass is 10.00. The number of aliphatic carboxylic acids is 1. The summed E-state index contributed by atoms with van der Waals surface area (Å²) in [6.07, 6.45) is 3.41. The SMILES string of the molecule is Cc1ccc(C(=O)Nc2ccc(OCC(=O)O)nc2C(=O)NCC2CCOCC2)c2ccccc12.Cc1ccc(C(=O)Nc2ccc(OCC(N)=O)nc2C(=O)NCC2CCOCC2)c2ccccc12. The van der Waals surface area contributed by atoms with E-state index in [9.17, 15) is 28.8 Å². The van der Waals surface area contributed by atoms with Crippen LogP contribution in [0.15, 0.2) is 97.1 Å². The fourth-order valence-electron chi connectivity index (χ4n) is 8.09. The van der Waals surface area contributed by atoms with E-state index in [1.54, 1.807) is 12.1 Å². The van der Waals surface area contributed by atoms with Crippen LogP contribution in [0.1, 0.15) is 78.5 Å². The minimum absolute atomic E-state index is 0.0104. The van der Waals surface area contributed by atoms with Crippen LogP contribution in [0.25, 0.3) is 21.5 Å². The van der Waals surface area contributed by atoms with Gasteiger partial charge in [0.15, 0.2) is 24.6 Å². The molecule has 0 atom stereocenters. The average molecular weight is 954 g/mol. The van der Waals surface area contributed by atoms with Crippen molar-refractivity contribution in [2.75, 3.05) is 63.4 Å². The number of benzene rings is 4. The van der Waals surface area contributed by atoms with Gasteiger partial charge in [0.05, 0.1) is 11.4 Å². The summed E-state index contributed by atoms with van der Waals surface area (Å²) in [6.45, 7) is 6.54. The van der Waals surface area contributed by atoms with E-state index >= 15 is 0 Å². The maximum absolute atomic E-state index is 13.2. The van der Waals surface area contributed by atoms with Crippen LogP contribution in [0.3, 0.4) is 0 Å². The third kappa shape index (κ3) is 13.2. The Bertz CT molecular complexity index is 2700. The molecular weight excluding hydrogens is 899 g/mol. The second kappa shape index (κ2) is 23.9. The zero-order valence-corrected chi connectivity index (χ0v) is 38.9. The zero-order valence-electron chi connectivity index (χ0n) is 38.9. The predicted molar refractivity (Wildman–Crippen MR) is 261 cm³/mol. The van der Waals surface area contributed by atoms with Crippen molar-refractivity contribution in [3.63, 3.8) is 0 Å². The van der Waals surface area contributed by atoms with Crippen molar-refractivity contribution >= 4 is 68.4 Å². The molecule has 4 aromatic carbocycles. The second-order valence-electron chi connectivity index (χ2n) is 16.9. The molecule has 0 bridgehead atoms. The maximum atomic E-state index is 13.2. The van der Waals surface area contributed by atoms with E-state index in [4.69, 9.17) is 29.8 Å². The first-order valence-electron chi connectivity index (χ1n) is 22.9. The molecule has 2 aliphatic heterocycles. The number of carboxylic acids is 1. The summed E-state index contributed by atoms with van der Waals surface area (Å²) < 4.78 is 21.1. The van der Waals surface area contributed by atoms with E-state index in [0.717, 1.165) is 58.4 Å². The Morgan fingerprint density at radius 1 is 0.557 bits per heavy atom. The number of hydrogen-bond donors (Lipinski definition) is 6. The molecule has 2 aromatic heterocycles. The smallest absolute Gasteiger partial charge is 0.341 e. The summed E-state index contributed by atoms with van der Waals surface area (Å²) in [4.78, 5) is 83.0. The topological polar surface area (TPSA) is 259 Å². The van der Waals surface area contributed by atoms with Gasteiger partial charge in [-0.15, -0.1) is 0 Å². The number of pyridine rings is 2. The number of fused-ring (bicyclic) bond motifs is 2. The van der Waals surface area contributed by atoms with E-state index in [1.165, 1.54) is 24.3 Å². The van der Waals surface area contributed by atoms with Crippen molar-refractivity contribution in [2.45, 2.75) is 39.5 Å². The van der Waals surface area contributed by atoms with Gasteiger partial charge in [0.25, 0.3) is 29.5 Å². The Labute approximate surface area is 403 Å². The molecule has 2 fully saturated rings. The lowest BCUT2D eigenvalue weighted by Gasteiger charge is -2.22. The van der Waals surface area contributed by atoms with E-state index in [1.807, 2.05) is 74.5 Å². The number of nitrogens with one attached hydrogen (secondary N) is 4. The van der Waals surface area contributed by atoms with Gasteiger partial charge in [0.2, 0.25) is 11.8 Å². The van der Waals surface area contributed by atoms with Gasteiger partial charge in [0, 0.05) is 62.8 Å². The number of ether oxygens (including phenoxy) is 4. The summed E-state index contributed by atoms with van der Waals surface area (Å²) in [7, 11) is 0. The Morgan fingerprint density at radius 2 is 0.957 bits per heavy atom.